The number of hydrogen-bond donors (Lipinski definition) is 1. The highest BCUT2D eigenvalue weighted by atomic mass is 16.5. The van der Waals surface area contributed by atoms with Crippen LogP contribution in [0.1, 0.15) is 24.2 Å². The molecule has 0 aliphatic heterocycles. The SMILES string of the molecule is CC(C)OCCn1ccc(C(=O)O)cc1=O. The van der Waals surface area contributed by atoms with Gasteiger partial charge in [0, 0.05) is 18.8 Å². The summed E-state index contributed by atoms with van der Waals surface area (Å²) < 4.78 is 6.73. The van der Waals surface area contributed by atoms with Crippen LogP contribution in [0.5, 0.6) is 0 Å². The normalized spacial score (nSPS) is 10.7. The predicted molar refractivity (Wildman–Crippen MR) is 58.7 cm³/mol. The van der Waals surface area contributed by atoms with Crippen molar-refractivity contribution in [1.82, 2.24) is 4.57 Å². The molecule has 0 aromatic carbocycles. The third-order valence-corrected chi connectivity index (χ3v) is 2.03. The maximum absolute atomic E-state index is 11.5. The first-order chi connectivity index (χ1) is 7.50. The molecule has 0 saturated carbocycles. The van der Waals surface area contributed by atoms with Gasteiger partial charge in [0.05, 0.1) is 18.3 Å². The number of pyridine rings is 1. The number of aromatic carboxylic acids is 1. The summed E-state index contributed by atoms with van der Waals surface area (Å²) in [5.41, 5.74) is -0.321. The minimum Gasteiger partial charge on any atom is -0.478 e. The maximum Gasteiger partial charge on any atom is 0.335 e. The Hall–Kier alpha value is -1.62. The van der Waals surface area contributed by atoms with E-state index in [4.69, 9.17) is 9.84 Å². The molecule has 0 bridgehead atoms. The van der Waals surface area contributed by atoms with Gasteiger partial charge in [0.1, 0.15) is 0 Å². The third-order valence-electron chi connectivity index (χ3n) is 2.03. The Morgan fingerprint density at radius 1 is 1.56 bits per heavy atom. The Bertz CT molecular complexity index is 422. The molecule has 1 rings (SSSR count). The van der Waals surface area contributed by atoms with Crippen LogP contribution in [0.4, 0.5) is 0 Å². The molecule has 0 radical (unpaired) electrons. The van der Waals surface area contributed by atoms with Gasteiger partial charge in [-0.05, 0) is 19.9 Å². The van der Waals surface area contributed by atoms with Crippen molar-refractivity contribution >= 4 is 5.97 Å². The second-order valence-corrected chi connectivity index (χ2v) is 3.67. The summed E-state index contributed by atoms with van der Waals surface area (Å²) >= 11 is 0. The number of ether oxygens (including phenoxy) is 1. The highest BCUT2D eigenvalue weighted by Crippen LogP contribution is 1.95. The number of nitrogens with zero attached hydrogens (tertiary/aromatic N) is 1. The molecule has 5 heteroatoms. The fourth-order valence-electron chi connectivity index (χ4n) is 1.21. The van der Waals surface area contributed by atoms with Crippen LogP contribution in [-0.2, 0) is 11.3 Å². The van der Waals surface area contributed by atoms with Crippen molar-refractivity contribution in [2.45, 2.75) is 26.5 Å². The zero-order valence-electron chi connectivity index (χ0n) is 9.34. The Labute approximate surface area is 93.3 Å². The number of carboxylic acids is 1. The first kappa shape index (κ1) is 12.4. The Morgan fingerprint density at radius 3 is 2.75 bits per heavy atom. The summed E-state index contributed by atoms with van der Waals surface area (Å²) in [6, 6.07) is 2.51. The van der Waals surface area contributed by atoms with Crippen molar-refractivity contribution in [3.8, 4) is 0 Å². The minimum absolute atomic E-state index is 0.00558. The lowest BCUT2D eigenvalue weighted by Crippen LogP contribution is -2.23. The predicted octanol–water partition coefficient (Wildman–Crippen LogP) is 0.972. The zero-order valence-corrected chi connectivity index (χ0v) is 9.34. The number of carbonyl (C=O) groups is 1. The molecule has 0 unspecified atom stereocenters. The van der Waals surface area contributed by atoms with Gasteiger partial charge in [-0.2, -0.15) is 0 Å². The Morgan fingerprint density at radius 2 is 2.25 bits per heavy atom. The average molecular weight is 225 g/mol. The molecule has 1 aromatic rings. The topological polar surface area (TPSA) is 68.5 Å². The molecule has 0 saturated heterocycles. The van der Waals surface area contributed by atoms with E-state index >= 15 is 0 Å². The van der Waals surface area contributed by atoms with E-state index in [0.29, 0.717) is 13.2 Å². The van der Waals surface area contributed by atoms with Crippen molar-refractivity contribution < 1.29 is 14.6 Å². The molecule has 16 heavy (non-hydrogen) atoms. The Kier molecular flexibility index (Phi) is 4.25. The molecule has 1 N–H and O–H groups in total. The van der Waals surface area contributed by atoms with Crippen molar-refractivity contribution in [2.24, 2.45) is 0 Å². The number of hydrogen-bond acceptors (Lipinski definition) is 3. The monoisotopic (exact) mass is 225 g/mol. The molecule has 0 fully saturated rings. The number of aromatic nitrogens is 1. The van der Waals surface area contributed by atoms with E-state index in [0.717, 1.165) is 6.07 Å². The summed E-state index contributed by atoms with van der Waals surface area (Å²) in [5.74, 6) is -1.09. The van der Waals surface area contributed by atoms with Crippen LogP contribution in [0.3, 0.4) is 0 Å². The van der Waals surface area contributed by atoms with Crippen LogP contribution in [0, 0.1) is 0 Å². The molecule has 1 aromatic heterocycles. The van der Waals surface area contributed by atoms with Crippen LogP contribution < -0.4 is 5.56 Å². The van der Waals surface area contributed by atoms with Gasteiger partial charge in [-0.1, -0.05) is 0 Å². The van der Waals surface area contributed by atoms with Gasteiger partial charge in [-0.15, -0.1) is 0 Å². The van der Waals surface area contributed by atoms with Gasteiger partial charge in [-0.3, -0.25) is 4.79 Å². The van der Waals surface area contributed by atoms with Crippen LogP contribution >= 0.6 is 0 Å². The van der Waals surface area contributed by atoms with Crippen LogP contribution in [0.25, 0.3) is 0 Å². The summed E-state index contributed by atoms with van der Waals surface area (Å²) in [4.78, 5) is 22.1. The van der Waals surface area contributed by atoms with E-state index in [1.807, 2.05) is 13.8 Å². The first-order valence-corrected chi connectivity index (χ1v) is 5.06. The summed E-state index contributed by atoms with van der Waals surface area (Å²) in [5, 5.41) is 8.68. The molecule has 0 aliphatic rings. The van der Waals surface area contributed by atoms with Crippen LogP contribution in [0.2, 0.25) is 0 Å². The van der Waals surface area contributed by atoms with E-state index in [2.05, 4.69) is 0 Å². The lowest BCUT2D eigenvalue weighted by Gasteiger charge is -2.09. The van der Waals surface area contributed by atoms with Crippen molar-refractivity contribution in [2.75, 3.05) is 6.61 Å². The van der Waals surface area contributed by atoms with Gasteiger partial charge in [-0.25, -0.2) is 4.79 Å². The van der Waals surface area contributed by atoms with Gasteiger partial charge < -0.3 is 14.4 Å². The van der Waals surface area contributed by atoms with E-state index < -0.39 is 5.97 Å². The maximum atomic E-state index is 11.5. The fourth-order valence-corrected chi connectivity index (χ4v) is 1.21. The van der Waals surface area contributed by atoms with E-state index in [9.17, 15) is 9.59 Å². The average Bonchev–Trinajstić information content (AvgIpc) is 2.19. The summed E-state index contributed by atoms with van der Waals surface area (Å²) in [7, 11) is 0. The number of carboxylic acid groups (broad SMARTS) is 1. The van der Waals surface area contributed by atoms with Crippen molar-refractivity contribution in [3.63, 3.8) is 0 Å². The van der Waals surface area contributed by atoms with Crippen molar-refractivity contribution in [3.05, 3.63) is 34.2 Å². The molecule has 0 aliphatic carbocycles. The second kappa shape index (κ2) is 5.46. The second-order valence-electron chi connectivity index (χ2n) is 3.67. The van der Waals surface area contributed by atoms with E-state index in [1.54, 1.807) is 0 Å². The van der Waals surface area contributed by atoms with Gasteiger partial charge >= 0.3 is 5.97 Å². The molecule has 0 atom stereocenters. The highest BCUT2D eigenvalue weighted by molar-refractivity contribution is 5.87. The van der Waals surface area contributed by atoms with E-state index in [-0.39, 0.29) is 17.2 Å². The quantitative estimate of drug-likeness (QED) is 0.810. The minimum atomic E-state index is -1.09. The first-order valence-electron chi connectivity index (χ1n) is 5.06. The largest absolute Gasteiger partial charge is 0.478 e. The third kappa shape index (κ3) is 3.51. The smallest absolute Gasteiger partial charge is 0.335 e. The number of rotatable bonds is 5. The van der Waals surface area contributed by atoms with Gasteiger partial charge in [0.25, 0.3) is 5.56 Å². The molecule has 0 spiro atoms. The standard InChI is InChI=1S/C11H15NO4/c1-8(2)16-6-5-12-4-3-9(11(14)15)7-10(12)13/h3-4,7-8H,5-6H2,1-2H3,(H,14,15). The van der Waals surface area contributed by atoms with Crippen molar-refractivity contribution in [1.29, 1.82) is 0 Å². The summed E-state index contributed by atoms with van der Waals surface area (Å²) in [6.45, 7) is 4.69. The van der Waals surface area contributed by atoms with Gasteiger partial charge in [0.15, 0.2) is 0 Å². The lowest BCUT2D eigenvalue weighted by atomic mass is 10.3. The molecule has 0 amide bonds. The zero-order chi connectivity index (χ0) is 12.1. The molecule has 1 heterocycles. The fraction of sp³-hybridized carbons (Fsp3) is 0.455. The van der Waals surface area contributed by atoms with Crippen LogP contribution in [-0.4, -0.2) is 28.4 Å². The lowest BCUT2D eigenvalue weighted by molar-refractivity contribution is 0.0695. The van der Waals surface area contributed by atoms with Gasteiger partial charge in [0.2, 0.25) is 0 Å². The molecular weight excluding hydrogens is 210 g/mol. The Balaban J connectivity index is 2.69. The summed E-state index contributed by atoms with van der Waals surface area (Å²) in [6.07, 6.45) is 1.59. The molecule has 88 valence electrons. The van der Waals surface area contributed by atoms with Crippen LogP contribution in [0.15, 0.2) is 23.1 Å². The highest BCUT2D eigenvalue weighted by Gasteiger charge is 2.04. The molecule has 5 nitrogen and oxygen atoms in total. The van der Waals surface area contributed by atoms with E-state index in [1.165, 1.54) is 16.8 Å². The molecular formula is C11H15NO4.